The van der Waals surface area contributed by atoms with Gasteiger partial charge in [-0.3, -0.25) is 0 Å². The first-order valence-corrected chi connectivity index (χ1v) is 11.3. The van der Waals surface area contributed by atoms with Crippen molar-refractivity contribution in [2.24, 2.45) is 0 Å². The van der Waals surface area contributed by atoms with Crippen LogP contribution in [0.2, 0.25) is 0 Å². The summed E-state index contributed by atoms with van der Waals surface area (Å²) in [6.45, 7) is 8.82. The van der Waals surface area contributed by atoms with Crippen molar-refractivity contribution in [3.63, 3.8) is 0 Å². The van der Waals surface area contributed by atoms with E-state index in [1.165, 1.54) is 66.1 Å². The third-order valence-corrected chi connectivity index (χ3v) is 6.72. The Kier molecular flexibility index (Phi) is 5.15. The maximum absolute atomic E-state index is 2.33. The fourth-order valence-corrected chi connectivity index (χ4v) is 4.98. The lowest BCUT2D eigenvalue weighted by atomic mass is 9.84. The molecule has 0 aromatic heterocycles. The van der Waals surface area contributed by atoms with Crippen molar-refractivity contribution in [1.82, 2.24) is 0 Å². The van der Waals surface area contributed by atoms with Crippen molar-refractivity contribution in [2.75, 3.05) is 0 Å². The molecule has 0 fully saturated rings. The van der Waals surface area contributed by atoms with E-state index >= 15 is 0 Å². The predicted molar refractivity (Wildman–Crippen MR) is 141 cm³/mol. The summed E-state index contributed by atoms with van der Waals surface area (Å²) in [6.07, 6.45) is 4.28. The molecule has 5 rings (SSSR count). The van der Waals surface area contributed by atoms with Crippen LogP contribution in [-0.2, 0) is 0 Å². The number of fused-ring (bicyclic) bond motifs is 2. The molecule has 156 valence electrons. The second kappa shape index (κ2) is 8.13. The van der Waals surface area contributed by atoms with Crippen LogP contribution in [0, 0.1) is 20.8 Å². The molecule has 32 heavy (non-hydrogen) atoms. The molecular formula is C32H28. The van der Waals surface area contributed by atoms with Crippen molar-refractivity contribution < 1.29 is 0 Å². The molecule has 0 saturated heterocycles. The van der Waals surface area contributed by atoms with Crippen molar-refractivity contribution >= 4 is 27.6 Å². The Bertz CT molecular complexity index is 1500. The molecule has 5 aromatic carbocycles. The fourth-order valence-electron chi connectivity index (χ4n) is 4.98. The molecule has 0 nitrogen and oxygen atoms in total. The number of aryl methyl sites for hydroxylation is 1. The molecule has 0 atom stereocenters. The van der Waals surface area contributed by atoms with Gasteiger partial charge in [-0.1, -0.05) is 91.0 Å². The van der Waals surface area contributed by atoms with Gasteiger partial charge in [0.05, 0.1) is 0 Å². The smallest absolute Gasteiger partial charge is 0.00728 e. The van der Waals surface area contributed by atoms with E-state index in [1.807, 2.05) is 0 Å². The van der Waals surface area contributed by atoms with Gasteiger partial charge in [0.2, 0.25) is 0 Å². The van der Waals surface area contributed by atoms with Gasteiger partial charge in [-0.25, -0.2) is 0 Å². The molecule has 0 spiro atoms. The lowest BCUT2D eigenvalue weighted by Gasteiger charge is -2.20. The molecule has 0 heterocycles. The van der Waals surface area contributed by atoms with Gasteiger partial charge in [0, 0.05) is 0 Å². The number of hydrogen-bond acceptors (Lipinski definition) is 0. The second-order valence-electron chi connectivity index (χ2n) is 8.68. The highest BCUT2D eigenvalue weighted by atomic mass is 14.2. The van der Waals surface area contributed by atoms with Crippen LogP contribution < -0.4 is 0 Å². The topological polar surface area (TPSA) is 0 Å². The molecule has 0 N–H and O–H groups in total. The van der Waals surface area contributed by atoms with E-state index in [0.717, 1.165) is 0 Å². The van der Waals surface area contributed by atoms with Crippen molar-refractivity contribution in [3.8, 4) is 22.3 Å². The van der Waals surface area contributed by atoms with Crippen molar-refractivity contribution in [2.45, 2.75) is 27.7 Å². The van der Waals surface area contributed by atoms with Crippen LogP contribution in [0.1, 0.15) is 29.2 Å². The minimum absolute atomic E-state index is 1.28. The van der Waals surface area contributed by atoms with Gasteiger partial charge < -0.3 is 0 Å². The van der Waals surface area contributed by atoms with Crippen molar-refractivity contribution in [3.05, 3.63) is 113 Å². The molecule has 0 bridgehead atoms. The second-order valence-corrected chi connectivity index (χ2v) is 8.68. The standard InChI is InChI=1S/C32H28/c1-5-10-24-15-17-27(19-21(24)2)31-22(3)23(4)32(30-14-9-8-13-29(30)31)28-18-16-25-11-6-7-12-26(25)20-28/h5-20H,1-4H3. The Labute approximate surface area is 190 Å². The zero-order valence-corrected chi connectivity index (χ0v) is 19.2. The molecule has 0 aliphatic rings. The van der Waals surface area contributed by atoms with Gasteiger partial charge in [0.1, 0.15) is 0 Å². The molecule has 0 unspecified atom stereocenters. The van der Waals surface area contributed by atoms with Gasteiger partial charge in [0.25, 0.3) is 0 Å². The normalized spacial score (nSPS) is 11.6. The van der Waals surface area contributed by atoms with Gasteiger partial charge in [-0.15, -0.1) is 0 Å². The third-order valence-electron chi connectivity index (χ3n) is 6.72. The number of benzene rings is 5. The minimum Gasteiger partial charge on any atom is -0.0871 e. The zero-order valence-electron chi connectivity index (χ0n) is 19.2. The maximum Gasteiger partial charge on any atom is -0.00728 e. The first-order valence-electron chi connectivity index (χ1n) is 11.3. The Balaban J connectivity index is 1.80. The van der Waals surface area contributed by atoms with Gasteiger partial charge in [-0.2, -0.15) is 0 Å². The molecule has 0 aliphatic heterocycles. The summed E-state index contributed by atoms with van der Waals surface area (Å²) < 4.78 is 0. The summed E-state index contributed by atoms with van der Waals surface area (Å²) in [7, 11) is 0. The van der Waals surface area contributed by atoms with E-state index in [0.29, 0.717) is 0 Å². The Morgan fingerprint density at radius 1 is 0.562 bits per heavy atom. The summed E-state index contributed by atoms with van der Waals surface area (Å²) >= 11 is 0. The highest BCUT2D eigenvalue weighted by Crippen LogP contribution is 2.42. The van der Waals surface area contributed by atoms with Crippen LogP contribution in [0.3, 0.4) is 0 Å². The molecule has 0 radical (unpaired) electrons. The van der Waals surface area contributed by atoms with E-state index in [2.05, 4.69) is 125 Å². The molecule has 0 aliphatic carbocycles. The first kappa shape index (κ1) is 20.3. The SMILES string of the molecule is CC=Cc1ccc(-c2c(C)c(C)c(-c3ccc4ccccc4c3)c3ccccc23)cc1C. The van der Waals surface area contributed by atoms with Crippen LogP contribution >= 0.6 is 0 Å². The Morgan fingerprint density at radius 2 is 1.12 bits per heavy atom. The summed E-state index contributed by atoms with van der Waals surface area (Å²) in [5, 5.41) is 5.20. The van der Waals surface area contributed by atoms with Gasteiger partial charge in [0.15, 0.2) is 0 Å². The van der Waals surface area contributed by atoms with Crippen LogP contribution in [0.4, 0.5) is 0 Å². The quantitative estimate of drug-likeness (QED) is 0.277. The largest absolute Gasteiger partial charge is 0.0871 e. The lowest BCUT2D eigenvalue weighted by molar-refractivity contribution is 1.35. The number of rotatable bonds is 3. The van der Waals surface area contributed by atoms with Crippen LogP contribution in [0.15, 0.2) is 91.0 Å². The molecular weight excluding hydrogens is 384 g/mol. The van der Waals surface area contributed by atoms with Crippen LogP contribution in [-0.4, -0.2) is 0 Å². The fraction of sp³-hybridized carbons (Fsp3) is 0.125. The van der Waals surface area contributed by atoms with Crippen LogP contribution in [0.5, 0.6) is 0 Å². The first-order chi connectivity index (χ1) is 15.6. The Morgan fingerprint density at radius 3 is 1.75 bits per heavy atom. The zero-order chi connectivity index (χ0) is 22.2. The molecule has 5 aromatic rings. The third kappa shape index (κ3) is 3.33. The molecule has 0 amide bonds. The van der Waals surface area contributed by atoms with E-state index in [9.17, 15) is 0 Å². The Hall–Kier alpha value is -3.64. The minimum atomic E-state index is 1.28. The monoisotopic (exact) mass is 412 g/mol. The highest BCUT2D eigenvalue weighted by molar-refractivity contribution is 6.08. The predicted octanol–water partition coefficient (Wildman–Crippen LogP) is 9.29. The molecule has 0 heteroatoms. The summed E-state index contributed by atoms with van der Waals surface area (Å²) in [5.41, 5.74) is 10.6. The molecule has 0 saturated carbocycles. The number of hydrogen-bond donors (Lipinski definition) is 0. The van der Waals surface area contributed by atoms with E-state index in [4.69, 9.17) is 0 Å². The number of allylic oxidation sites excluding steroid dienone is 1. The van der Waals surface area contributed by atoms with Gasteiger partial charge >= 0.3 is 0 Å². The van der Waals surface area contributed by atoms with E-state index in [-0.39, 0.29) is 0 Å². The van der Waals surface area contributed by atoms with E-state index < -0.39 is 0 Å². The lowest BCUT2D eigenvalue weighted by Crippen LogP contribution is -1.96. The summed E-state index contributed by atoms with van der Waals surface area (Å²) in [6, 6.07) is 31.2. The summed E-state index contributed by atoms with van der Waals surface area (Å²) in [4.78, 5) is 0. The maximum atomic E-state index is 2.33. The average molecular weight is 413 g/mol. The van der Waals surface area contributed by atoms with Crippen molar-refractivity contribution in [1.29, 1.82) is 0 Å². The van der Waals surface area contributed by atoms with E-state index in [1.54, 1.807) is 0 Å². The summed E-state index contributed by atoms with van der Waals surface area (Å²) in [5.74, 6) is 0. The average Bonchev–Trinajstić information content (AvgIpc) is 2.81. The van der Waals surface area contributed by atoms with Gasteiger partial charge in [-0.05, 0) is 99.8 Å². The van der Waals surface area contributed by atoms with Crippen LogP contribution in [0.25, 0.3) is 49.9 Å². The highest BCUT2D eigenvalue weighted by Gasteiger charge is 2.17.